The summed E-state index contributed by atoms with van der Waals surface area (Å²) in [5, 5.41) is 11.8. The molecule has 23 heavy (non-hydrogen) atoms. The Balaban J connectivity index is 1.90. The van der Waals surface area contributed by atoms with Crippen molar-refractivity contribution < 1.29 is 18.9 Å². The summed E-state index contributed by atoms with van der Waals surface area (Å²) in [6.45, 7) is 0. The van der Waals surface area contributed by atoms with Crippen molar-refractivity contribution in [3.05, 3.63) is 64.7 Å². The van der Waals surface area contributed by atoms with Crippen molar-refractivity contribution in [2.45, 2.75) is 5.75 Å². The maximum atomic E-state index is 12.0. The SMILES string of the molecule is O=C(CS(=O)Cc1ccc(C(=O)O)cc1)Nc1ccccc1Cl. The lowest BCUT2D eigenvalue weighted by atomic mass is 10.1. The van der Waals surface area contributed by atoms with Crippen LogP contribution in [0.3, 0.4) is 0 Å². The van der Waals surface area contributed by atoms with Gasteiger partial charge < -0.3 is 10.4 Å². The van der Waals surface area contributed by atoms with E-state index in [4.69, 9.17) is 16.7 Å². The molecular formula is C16H14ClNO4S. The molecule has 1 amide bonds. The Labute approximate surface area is 140 Å². The average molecular weight is 352 g/mol. The fraction of sp³-hybridized carbons (Fsp3) is 0.125. The van der Waals surface area contributed by atoms with Crippen LogP contribution in [0.4, 0.5) is 5.69 Å². The van der Waals surface area contributed by atoms with Crippen LogP contribution in [-0.2, 0) is 21.3 Å². The van der Waals surface area contributed by atoms with E-state index in [1.165, 1.54) is 12.1 Å². The molecule has 5 nitrogen and oxygen atoms in total. The first-order valence-electron chi connectivity index (χ1n) is 6.67. The van der Waals surface area contributed by atoms with Gasteiger partial charge in [-0.15, -0.1) is 0 Å². The fourth-order valence-corrected chi connectivity index (χ4v) is 3.09. The van der Waals surface area contributed by atoms with Gasteiger partial charge in [0.2, 0.25) is 5.91 Å². The fourth-order valence-electron chi connectivity index (χ4n) is 1.88. The first-order chi connectivity index (χ1) is 11.0. The Morgan fingerprint density at radius 3 is 2.35 bits per heavy atom. The molecule has 7 heteroatoms. The van der Waals surface area contributed by atoms with E-state index in [-0.39, 0.29) is 17.1 Å². The first-order valence-corrected chi connectivity index (χ1v) is 8.54. The van der Waals surface area contributed by atoms with E-state index in [1.807, 2.05) is 0 Å². The van der Waals surface area contributed by atoms with Crippen LogP contribution < -0.4 is 5.32 Å². The monoisotopic (exact) mass is 351 g/mol. The number of carbonyl (C=O) groups excluding carboxylic acids is 1. The molecule has 2 N–H and O–H groups in total. The molecule has 120 valence electrons. The predicted octanol–water partition coefficient (Wildman–Crippen LogP) is 2.93. The zero-order chi connectivity index (χ0) is 16.8. The molecule has 0 spiro atoms. The normalized spacial score (nSPS) is 11.7. The quantitative estimate of drug-likeness (QED) is 0.838. The van der Waals surface area contributed by atoms with E-state index >= 15 is 0 Å². The Kier molecular flexibility index (Phi) is 5.90. The van der Waals surface area contributed by atoms with Gasteiger partial charge in [0, 0.05) is 16.6 Å². The van der Waals surface area contributed by atoms with Gasteiger partial charge in [0.05, 0.1) is 16.3 Å². The van der Waals surface area contributed by atoms with E-state index in [0.29, 0.717) is 16.3 Å². The molecule has 0 saturated carbocycles. The van der Waals surface area contributed by atoms with Crippen LogP contribution in [0, 0.1) is 0 Å². The van der Waals surface area contributed by atoms with E-state index < -0.39 is 22.7 Å². The van der Waals surface area contributed by atoms with Crippen molar-refractivity contribution in [2.75, 3.05) is 11.1 Å². The number of anilines is 1. The van der Waals surface area contributed by atoms with Crippen molar-refractivity contribution in [2.24, 2.45) is 0 Å². The van der Waals surface area contributed by atoms with Gasteiger partial charge in [0.25, 0.3) is 0 Å². The van der Waals surface area contributed by atoms with Gasteiger partial charge in [0.1, 0.15) is 5.75 Å². The maximum absolute atomic E-state index is 12.0. The number of carbonyl (C=O) groups is 2. The summed E-state index contributed by atoms with van der Waals surface area (Å²) < 4.78 is 12.0. The summed E-state index contributed by atoms with van der Waals surface area (Å²) in [6.07, 6.45) is 0. The average Bonchev–Trinajstić information content (AvgIpc) is 2.50. The molecule has 0 aromatic heterocycles. The molecule has 0 bridgehead atoms. The van der Waals surface area contributed by atoms with E-state index in [2.05, 4.69) is 5.32 Å². The van der Waals surface area contributed by atoms with Gasteiger partial charge in [-0.05, 0) is 29.8 Å². The summed E-state index contributed by atoms with van der Waals surface area (Å²) in [6, 6.07) is 12.9. The summed E-state index contributed by atoms with van der Waals surface area (Å²) in [5.74, 6) is -1.39. The van der Waals surface area contributed by atoms with Gasteiger partial charge in [0.15, 0.2) is 0 Å². The van der Waals surface area contributed by atoms with Crippen LogP contribution in [0.1, 0.15) is 15.9 Å². The number of rotatable bonds is 6. The van der Waals surface area contributed by atoms with Crippen LogP contribution >= 0.6 is 11.6 Å². The largest absolute Gasteiger partial charge is 0.478 e. The van der Waals surface area contributed by atoms with Crippen molar-refractivity contribution >= 4 is 40.0 Å². The molecular weight excluding hydrogens is 338 g/mol. The van der Waals surface area contributed by atoms with Crippen molar-refractivity contribution in [3.8, 4) is 0 Å². The second kappa shape index (κ2) is 7.89. The Hall–Kier alpha value is -2.18. The van der Waals surface area contributed by atoms with Crippen LogP contribution in [0.2, 0.25) is 5.02 Å². The highest BCUT2D eigenvalue weighted by Gasteiger charge is 2.11. The van der Waals surface area contributed by atoms with Gasteiger partial charge in [-0.3, -0.25) is 9.00 Å². The second-order valence-electron chi connectivity index (χ2n) is 4.76. The molecule has 1 atom stereocenters. The number of hydrogen-bond donors (Lipinski definition) is 2. The molecule has 2 aromatic rings. The lowest BCUT2D eigenvalue weighted by Gasteiger charge is -2.07. The van der Waals surface area contributed by atoms with E-state index in [9.17, 15) is 13.8 Å². The Morgan fingerprint density at radius 1 is 1.09 bits per heavy atom. The van der Waals surface area contributed by atoms with Crippen molar-refractivity contribution in [1.82, 2.24) is 0 Å². The van der Waals surface area contributed by atoms with Gasteiger partial charge in [-0.25, -0.2) is 4.79 Å². The standard InChI is InChI=1S/C16H14ClNO4S/c17-13-3-1-2-4-14(13)18-15(19)10-23(22)9-11-5-7-12(8-6-11)16(20)21/h1-8H,9-10H2,(H,18,19)(H,20,21). The molecule has 0 aliphatic carbocycles. The summed E-state index contributed by atoms with van der Waals surface area (Å²) in [7, 11) is -1.40. The molecule has 0 saturated heterocycles. The van der Waals surface area contributed by atoms with Crippen LogP contribution in [0.5, 0.6) is 0 Å². The van der Waals surface area contributed by atoms with Gasteiger partial charge in [-0.2, -0.15) is 0 Å². The third kappa shape index (κ3) is 5.19. The molecule has 0 heterocycles. The number of aromatic carboxylic acids is 1. The number of amides is 1. The molecule has 0 aliphatic rings. The molecule has 0 fully saturated rings. The summed E-state index contributed by atoms with van der Waals surface area (Å²) in [5.41, 5.74) is 1.34. The van der Waals surface area contributed by atoms with Gasteiger partial charge >= 0.3 is 5.97 Å². The minimum Gasteiger partial charge on any atom is -0.478 e. The molecule has 0 aliphatic heterocycles. The zero-order valence-corrected chi connectivity index (χ0v) is 13.6. The molecule has 1 unspecified atom stereocenters. The number of hydrogen-bond acceptors (Lipinski definition) is 3. The third-order valence-corrected chi connectivity index (χ3v) is 4.54. The third-order valence-electron chi connectivity index (χ3n) is 2.97. The predicted molar refractivity (Wildman–Crippen MR) is 90.2 cm³/mol. The van der Waals surface area contributed by atoms with Crippen LogP contribution in [-0.4, -0.2) is 26.9 Å². The number of nitrogens with one attached hydrogen (secondary N) is 1. The Bertz CT molecular complexity index is 746. The van der Waals surface area contributed by atoms with E-state index in [1.54, 1.807) is 36.4 Å². The van der Waals surface area contributed by atoms with Crippen LogP contribution in [0.25, 0.3) is 0 Å². The summed E-state index contributed by atoms with van der Waals surface area (Å²) in [4.78, 5) is 22.6. The highest BCUT2D eigenvalue weighted by molar-refractivity contribution is 7.84. The number of halogens is 1. The smallest absolute Gasteiger partial charge is 0.335 e. The second-order valence-corrected chi connectivity index (χ2v) is 6.62. The maximum Gasteiger partial charge on any atom is 0.335 e. The number of para-hydroxylation sites is 1. The summed E-state index contributed by atoms with van der Waals surface area (Å²) >= 11 is 5.94. The minimum atomic E-state index is -1.40. The zero-order valence-electron chi connectivity index (χ0n) is 12.0. The number of carboxylic acids is 1. The lowest BCUT2D eigenvalue weighted by molar-refractivity contribution is -0.113. The minimum absolute atomic E-state index is 0.161. The van der Waals surface area contributed by atoms with Crippen molar-refractivity contribution in [3.63, 3.8) is 0 Å². The molecule has 2 rings (SSSR count). The van der Waals surface area contributed by atoms with E-state index in [0.717, 1.165) is 0 Å². The Morgan fingerprint density at radius 2 is 1.74 bits per heavy atom. The number of benzene rings is 2. The highest BCUT2D eigenvalue weighted by Crippen LogP contribution is 2.20. The van der Waals surface area contributed by atoms with Crippen LogP contribution in [0.15, 0.2) is 48.5 Å². The molecule has 0 radical (unpaired) electrons. The van der Waals surface area contributed by atoms with Crippen molar-refractivity contribution in [1.29, 1.82) is 0 Å². The first kappa shape index (κ1) is 17.2. The topological polar surface area (TPSA) is 83.5 Å². The lowest BCUT2D eigenvalue weighted by Crippen LogP contribution is -2.20. The highest BCUT2D eigenvalue weighted by atomic mass is 35.5. The van der Waals surface area contributed by atoms with Gasteiger partial charge in [-0.1, -0.05) is 35.9 Å². The number of carboxylic acid groups (broad SMARTS) is 1. The molecule has 2 aromatic carbocycles.